The molecule has 1 amide bonds. The van der Waals surface area contributed by atoms with Gasteiger partial charge in [-0.3, -0.25) is 4.79 Å². The van der Waals surface area contributed by atoms with Crippen molar-refractivity contribution < 1.29 is 14.3 Å². The third kappa shape index (κ3) is 6.73. The van der Waals surface area contributed by atoms with E-state index in [0.29, 0.717) is 38.4 Å². The summed E-state index contributed by atoms with van der Waals surface area (Å²) in [4.78, 5) is 31.1. The second-order valence-corrected chi connectivity index (χ2v) is 12.4. The molecule has 0 aliphatic heterocycles. The normalized spacial score (nSPS) is 12.9. The lowest BCUT2D eigenvalue weighted by Gasteiger charge is -2.14. The van der Waals surface area contributed by atoms with Crippen molar-refractivity contribution in [3.63, 3.8) is 0 Å². The summed E-state index contributed by atoms with van der Waals surface area (Å²) in [6.45, 7) is 4.19. The van der Waals surface area contributed by atoms with Gasteiger partial charge < -0.3 is 15.8 Å². The molecule has 3 aromatic rings. The number of nitriles is 2. The lowest BCUT2D eigenvalue weighted by molar-refractivity contribution is -0.115. The van der Waals surface area contributed by atoms with E-state index < -0.39 is 5.97 Å². The molecule has 1 aliphatic rings. The predicted octanol–water partition coefficient (Wildman–Crippen LogP) is 6.83. The van der Waals surface area contributed by atoms with Crippen LogP contribution in [-0.2, 0) is 22.4 Å². The summed E-state index contributed by atoms with van der Waals surface area (Å²) in [6.07, 6.45) is 6.16. The van der Waals surface area contributed by atoms with Crippen LogP contribution in [-0.4, -0.2) is 29.7 Å². The Bertz CT molecular complexity index is 1530. The van der Waals surface area contributed by atoms with Crippen LogP contribution in [0.5, 0.6) is 0 Å². The van der Waals surface area contributed by atoms with E-state index in [0.717, 1.165) is 54.5 Å². The second-order valence-electron chi connectivity index (χ2n) is 10.2. The highest BCUT2D eigenvalue weighted by molar-refractivity contribution is 7.99. The van der Waals surface area contributed by atoms with Gasteiger partial charge in [0.2, 0.25) is 5.91 Å². The number of aryl methyl sites for hydroxylation is 1. The Morgan fingerprint density at radius 3 is 2.41 bits per heavy atom. The standard InChI is InChI=1S/C31H33N5O3S2/c1-18(2)19-10-12-20(13-11-19)26-22(16-32)28(34)36-29(23(26)17-33)40-15-14-25(37)35-30-27(31(38)39-3)21-8-6-4-5-7-9-24(21)41-30/h10-13,18H,4-9,14-15H2,1-3H3,(H2,34,36)(H,35,37). The smallest absolute Gasteiger partial charge is 0.341 e. The molecule has 2 aromatic heterocycles. The number of methoxy groups -OCH3 is 1. The van der Waals surface area contributed by atoms with E-state index in [1.54, 1.807) is 0 Å². The molecule has 0 bridgehead atoms. The molecule has 4 rings (SSSR count). The van der Waals surface area contributed by atoms with Crippen LogP contribution >= 0.6 is 23.1 Å². The Labute approximate surface area is 248 Å². The molecule has 0 unspecified atom stereocenters. The van der Waals surface area contributed by atoms with Crippen LogP contribution in [0.3, 0.4) is 0 Å². The lowest BCUT2D eigenvalue weighted by atomic mass is 9.94. The fourth-order valence-electron chi connectivity index (χ4n) is 4.98. The number of hydrogen-bond donors (Lipinski definition) is 2. The van der Waals surface area contributed by atoms with Crippen molar-refractivity contribution in [3.8, 4) is 23.3 Å². The maximum absolute atomic E-state index is 13.0. The molecule has 0 spiro atoms. The maximum Gasteiger partial charge on any atom is 0.341 e. The Kier molecular flexibility index (Phi) is 10.0. The Hall–Kier alpha value is -3.86. The summed E-state index contributed by atoms with van der Waals surface area (Å²) in [7, 11) is 1.35. The summed E-state index contributed by atoms with van der Waals surface area (Å²) in [5, 5.41) is 23.7. The first-order valence-corrected chi connectivity index (χ1v) is 15.5. The number of thioether (sulfide) groups is 1. The third-order valence-corrected chi connectivity index (χ3v) is 9.35. The van der Waals surface area contributed by atoms with Gasteiger partial charge in [0.1, 0.15) is 33.5 Å². The maximum atomic E-state index is 13.0. The molecule has 10 heteroatoms. The van der Waals surface area contributed by atoms with Gasteiger partial charge in [-0.25, -0.2) is 9.78 Å². The van der Waals surface area contributed by atoms with Gasteiger partial charge >= 0.3 is 5.97 Å². The van der Waals surface area contributed by atoms with Gasteiger partial charge in [0.05, 0.1) is 18.2 Å². The van der Waals surface area contributed by atoms with Crippen LogP contribution in [0.25, 0.3) is 11.1 Å². The van der Waals surface area contributed by atoms with Crippen LogP contribution < -0.4 is 11.1 Å². The van der Waals surface area contributed by atoms with Crippen molar-refractivity contribution >= 4 is 45.8 Å². The van der Waals surface area contributed by atoms with Crippen molar-refractivity contribution in [1.29, 1.82) is 10.5 Å². The molecule has 2 heterocycles. The molecule has 0 saturated carbocycles. The fourth-order valence-corrected chi connectivity index (χ4v) is 7.21. The highest BCUT2D eigenvalue weighted by Crippen LogP contribution is 2.39. The molecule has 1 aromatic carbocycles. The van der Waals surface area contributed by atoms with Gasteiger partial charge in [0, 0.05) is 22.6 Å². The minimum Gasteiger partial charge on any atom is -0.465 e. The highest BCUT2D eigenvalue weighted by atomic mass is 32.2. The molecule has 0 atom stereocenters. The number of carbonyl (C=O) groups excluding carboxylic acids is 2. The van der Waals surface area contributed by atoms with Crippen molar-refractivity contribution in [3.05, 3.63) is 57.0 Å². The van der Waals surface area contributed by atoms with Crippen molar-refractivity contribution in [2.75, 3.05) is 23.9 Å². The zero-order chi connectivity index (χ0) is 29.5. The number of hydrogen-bond acceptors (Lipinski definition) is 9. The summed E-state index contributed by atoms with van der Waals surface area (Å²) in [6, 6.07) is 12.0. The average Bonchev–Trinajstić information content (AvgIpc) is 3.27. The van der Waals surface area contributed by atoms with E-state index in [9.17, 15) is 20.1 Å². The van der Waals surface area contributed by atoms with Gasteiger partial charge in [-0.2, -0.15) is 10.5 Å². The topological polar surface area (TPSA) is 142 Å². The quantitative estimate of drug-likeness (QED) is 0.216. The highest BCUT2D eigenvalue weighted by Gasteiger charge is 2.26. The zero-order valence-corrected chi connectivity index (χ0v) is 25.1. The van der Waals surface area contributed by atoms with Crippen molar-refractivity contribution in [2.24, 2.45) is 0 Å². The SMILES string of the molecule is COC(=O)c1c(NC(=O)CCSc2nc(N)c(C#N)c(-c3ccc(C(C)C)cc3)c2C#N)sc2c1CCCCCC2. The number of esters is 1. The van der Waals surface area contributed by atoms with E-state index in [4.69, 9.17) is 10.5 Å². The Morgan fingerprint density at radius 2 is 1.78 bits per heavy atom. The minimum atomic E-state index is -0.433. The summed E-state index contributed by atoms with van der Waals surface area (Å²) < 4.78 is 5.05. The number of anilines is 2. The number of carbonyl (C=O) groups is 2. The van der Waals surface area contributed by atoms with Crippen LogP contribution in [0.15, 0.2) is 29.3 Å². The largest absolute Gasteiger partial charge is 0.465 e. The fraction of sp³-hybridized carbons (Fsp3) is 0.387. The van der Waals surface area contributed by atoms with Crippen molar-refractivity contribution in [2.45, 2.75) is 69.7 Å². The molecular formula is C31H33N5O3S2. The molecule has 0 saturated heterocycles. The molecule has 3 N–H and O–H groups in total. The number of fused-ring (bicyclic) bond motifs is 1. The molecule has 0 fully saturated rings. The van der Waals surface area contributed by atoms with Gasteiger partial charge in [0.25, 0.3) is 0 Å². The summed E-state index contributed by atoms with van der Waals surface area (Å²) >= 11 is 2.70. The number of nitrogens with zero attached hydrogens (tertiary/aromatic N) is 3. The number of rotatable bonds is 8. The first-order valence-electron chi connectivity index (χ1n) is 13.7. The van der Waals surface area contributed by atoms with Crippen LogP contribution in [0, 0.1) is 22.7 Å². The van der Waals surface area contributed by atoms with Gasteiger partial charge in [-0.1, -0.05) is 51.0 Å². The van der Waals surface area contributed by atoms with Gasteiger partial charge in [0.15, 0.2) is 0 Å². The summed E-state index contributed by atoms with van der Waals surface area (Å²) in [5.41, 5.74) is 10.3. The molecular weight excluding hydrogens is 555 g/mol. The Balaban J connectivity index is 1.54. The Morgan fingerprint density at radius 1 is 1.10 bits per heavy atom. The zero-order valence-electron chi connectivity index (χ0n) is 23.5. The lowest BCUT2D eigenvalue weighted by Crippen LogP contribution is -2.15. The summed E-state index contributed by atoms with van der Waals surface area (Å²) in [5.74, 6) is 0.0229. The first kappa shape index (κ1) is 30.1. The predicted molar refractivity (Wildman–Crippen MR) is 163 cm³/mol. The van der Waals surface area contributed by atoms with E-state index in [2.05, 4.69) is 36.3 Å². The van der Waals surface area contributed by atoms with Crippen LogP contribution in [0.2, 0.25) is 0 Å². The monoisotopic (exact) mass is 587 g/mol. The molecule has 8 nitrogen and oxygen atoms in total. The number of nitrogens with one attached hydrogen (secondary N) is 1. The van der Waals surface area contributed by atoms with E-state index in [1.165, 1.54) is 30.2 Å². The number of thiophene rings is 1. The van der Waals surface area contributed by atoms with Crippen LogP contribution in [0.4, 0.5) is 10.8 Å². The number of amides is 1. The number of benzene rings is 1. The van der Waals surface area contributed by atoms with Crippen LogP contribution in [0.1, 0.15) is 89.4 Å². The van der Waals surface area contributed by atoms with Gasteiger partial charge in [-0.05, 0) is 48.3 Å². The number of aromatic nitrogens is 1. The molecule has 0 radical (unpaired) electrons. The van der Waals surface area contributed by atoms with E-state index >= 15 is 0 Å². The van der Waals surface area contributed by atoms with E-state index in [1.807, 2.05) is 24.3 Å². The number of nitrogen functional groups attached to an aromatic ring is 1. The number of nitrogens with two attached hydrogens (primary N) is 1. The second kappa shape index (κ2) is 13.7. The average molecular weight is 588 g/mol. The number of ether oxygens (including phenoxy) is 1. The minimum absolute atomic E-state index is 0.0418. The van der Waals surface area contributed by atoms with E-state index in [-0.39, 0.29) is 29.3 Å². The van der Waals surface area contributed by atoms with Crippen molar-refractivity contribution in [1.82, 2.24) is 4.98 Å². The number of pyridine rings is 1. The molecule has 1 aliphatic carbocycles. The third-order valence-electron chi connectivity index (χ3n) is 7.16. The van der Waals surface area contributed by atoms with Gasteiger partial charge in [-0.15, -0.1) is 23.1 Å². The first-order chi connectivity index (χ1) is 19.8. The molecule has 212 valence electrons. The molecule has 41 heavy (non-hydrogen) atoms.